The molecule has 33 heavy (non-hydrogen) atoms. The van der Waals surface area contributed by atoms with E-state index in [1.165, 1.54) is 0 Å². The normalized spacial score (nSPS) is 23.0. The average molecular weight is 466 g/mol. The number of ether oxygens (including phenoxy) is 2. The molecule has 3 rings (SSSR count). The maximum Gasteiger partial charge on any atom is 0.410 e. The van der Waals surface area contributed by atoms with Gasteiger partial charge >= 0.3 is 12.1 Å². The molecule has 1 saturated heterocycles. The highest BCUT2D eigenvalue weighted by Gasteiger charge is 2.55. The second-order valence-corrected chi connectivity index (χ2v) is 9.96. The second kappa shape index (κ2) is 9.41. The maximum absolute atomic E-state index is 14.0. The summed E-state index contributed by atoms with van der Waals surface area (Å²) in [5.74, 6) is -4.82. The van der Waals surface area contributed by atoms with Gasteiger partial charge in [-0.3, -0.25) is 0 Å². The minimum atomic E-state index is -2.93. The van der Waals surface area contributed by atoms with Gasteiger partial charge in [0.05, 0.1) is 0 Å². The summed E-state index contributed by atoms with van der Waals surface area (Å²) in [7, 11) is 0. The van der Waals surface area contributed by atoms with Gasteiger partial charge in [0.15, 0.2) is 5.60 Å². The summed E-state index contributed by atoms with van der Waals surface area (Å²) in [5, 5.41) is 11.5. The van der Waals surface area contributed by atoms with Gasteiger partial charge in [-0.2, -0.15) is 0 Å². The van der Waals surface area contributed by atoms with Gasteiger partial charge in [-0.1, -0.05) is 36.9 Å². The molecule has 1 heterocycles. The molecule has 1 aromatic rings. The molecule has 1 aliphatic carbocycles. The van der Waals surface area contributed by atoms with Gasteiger partial charge in [0.1, 0.15) is 11.7 Å². The van der Waals surface area contributed by atoms with Crippen LogP contribution in [-0.4, -0.2) is 52.8 Å². The van der Waals surface area contributed by atoms with Crippen LogP contribution in [0, 0.1) is 5.92 Å². The first kappa shape index (κ1) is 25.1. The summed E-state index contributed by atoms with van der Waals surface area (Å²) in [6.45, 7) is 9.71. The summed E-state index contributed by atoms with van der Waals surface area (Å²) in [5.41, 5.74) is -1.78. The number of amides is 1. The Balaban J connectivity index is 1.72. The van der Waals surface area contributed by atoms with Crippen LogP contribution in [0.5, 0.6) is 0 Å². The lowest BCUT2D eigenvalue weighted by atomic mass is 9.79. The number of likely N-dealkylation sites (tertiary alicyclic amines) is 1. The number of halogens is 2. The molecule has 2 unspecified atom stereocenters. The predicted molar refractivity (Wildman–Crippen MR) is 120 cm³/mol. The molecule has 6 nitrogen and oxygen atoms in total. The topological polar surface area (TPSA) is 76.1 Å². The van der Waals surface area contributed by atoms with Crippen LogP contribution in [0.25, 0.3) is 6.08 Å². The van der Waals surface area contributed by atoms with Crippen molar-refractivity contribution in [1.82, 2.24) is 4.90 Å². The Bertz CT molecular complexity index is 872. The first-order valence-corrected chi connectivity index (χ1v) is 11.4. The van der Waals surface area contributed by atoms with Crippen LogP contribution in [0.1, 0.15) is 64.0 Å². The number of rotatable bonds is 5. The van der Waals surface area contributed by atoms with Crippen molar-refractivity contribution in [2.24, 2.45) is 5.92 Å². The van der Waals surface area contributed by atoms with Crippen LogP contribution in [0.15, 0.2) is 30.8 Å². The third-order valence-electron chi connectivity index (χ3n) is 6.26. The van der Waals surface area contributed by atoms with Crippen LogP contribution >= 0.6 is 0 Å². The molecule has 2 aliphatic rings. The van der Waals surface area contributed by atoms with Crippen LogP contribution in [0.4, 0.5) is 13.6 Å². The van der Waals surface area contributed by atoms with Gasteiger partial charge in [0.2, 0.25) is 5.92 Å². The van der Waals surface area contributed by atoms with E-state index >= 15 is 0 Å². The average Bonchev–Trinajstić information content (AvgIpc) is 3.12. The summed E-state index contributed by atoms with van der Waals surface area (Å²) < 4.78 is 39.0. The molecule has 0 radical (unpaired) electrons. The molecule has 1 amide bonds. The highest BCUT2D eigenvalue weighted by atomic mass is 19.3. The lowest BCUT2D eigenvalue weighted by molar-refractivity contribution is -0.182. The first-order valence-electron chi connectivity index (χ1n) is 11.4. The van der Waals surface area contributed by atoms with Crippen molar-refractivity contribution in [2.45, 2.75) is 76.1 Å². The van der Waals surface area contributed by atoms with Gasteiger partial charge in [0.25, 0.3) is 0 Å². The number of esters is 1. The number of benzene rings is 1. The fourth-order valence-electron chi connectivity index (χ4n) is 4.42. The van der Waals surface area contributed by atoms with Gasteiger partial charge in [-0.25, -0.2) is 18.4 Å². The fourth-order valence-corrected chi connectivity index (χ4v) is 4.42. The molecule has 1 aliphatic heterocycles. The summed E-state index contributed by atoms with van der Waals surface area (Å²) >= 11 is 0. The van der Waals surface area contributed by atoms with Gasteiger partial charge < -0.3 is 19.5 Å². The van der Waals surface area contributed by atoms with E-state index in [1.807, 2.05) is 0 Å². The largest absolute Gasteiger partial charge is 0.460 e. The standard InChI is InChI=1S/C25H33F2NO5/c1-5-17-6-8-18(9-7-17)25(31,19-10-13-24(26,27)16-19)21(29)32-20-11-14-28(15-12-20)22(30)33-23(2,3)4/h5-9,19-20,31H,1,10-16H2,2-4H3. The smallest absolute Gasteiger partial charge is 0.410 e. The van der Waals surface area contributed by atoms with Crippen molar-refractivity contribution in [3.05, 3.63) is 42.0 Å². The molecular weight excluding hydrogens is 432 g/mol. The van der Waals surface area contributed by atoms with E-state index in [2.05, 4.69) is 6.58 Å². The number of alkyl halides is 2. The zero-order chi connectivity index (χ0) is 24.4. The Labute approximate surface area is 193 Å². The van der Waals surface area contributed by atoms with Crippen LogP contribution in [-0.2, 0) is 19.9 Å². The van der Waals surface area contributed by atoms with E-state index < -0.39 is 47.6 Å². The quantitative estimate of drug-likeness (QED) is 0.627. The molecule has 182 valence electrons. The SMILES string of the molecule is C=Cc1ccc(C(O)(C(=O)OC2CCN(C(=O)OC(C)(C)C)CC2)C2CCC(F)(F)C2)cc1. The van der Waals surface area contributed by atoms with Crippen LogP contribution in [0.3, 0.4) is 0 Å². The van der Waals surface area contributed by atoms with E-state index in [-0.39, 0.29) is 18.4 Å². The van der Waals surface area contributed by atoms with Crippen molar-refractivity contribution in [2.75, 3.05) is 13.1 Å². The molecule has 1 aromatic carbocycles. The highest BCUT2D eigenvalue weighted by molar-refractivity contribution is 5.82. The molecule has 1 N–H and O–H groups in total. The summed E-state index contributed by atoms with van der Waals surface area (Å²) in [4.78, 5) is 27.0. The number of nitrogens with zero attached hydrogens (tertiary/aromatic N) is 1. The molecule has 2 fully saturated rings. The third kappa shape index (κ3) is 5.91. The number of carbonyl (C=O) groups is 2. The lowest BCUT2D eigenvalue weighted by Crippen LogP contribution is -2.48. The van der Waals surface area contributed by atoms with Gasteiger partial charge in [-0.15, -0.1) is 0 Å². The zero-order valence-corrected chi connectivity index (χ0v) is 19.5. The molecule has 0 spiro atoms. The van der Waals surface area contributed by atoms with Crippen molar-refractivity contribution in [3.8, 4) is 0 Å². The Hall–Kier alpha value is -2.48. The minimum Gasteiger partial charge on any atom is -0.460 e. The molecule has 0 aromatic heterocycles. The molecular formula is C25H33F2NO5. The molecule has 1 saturated carbocycles. The van der Waals surface area contributed by atoms with Crippen molar-refractivity contribution in [3.63, 3.8) is 0 Å². The van der Waals surface area contributed by atoms with E-state index in [0.717, 1.165) is 5.56 Å². The van der Waals surface area contributed by atoms with Crippen LogP contribution < -0.4 is 0 Å². The third-order valence-corrected chi connectivity index (χ3v) is 6.26. The maximum atomic E-state index is 14.0. The Morgan fingerprint density at radius 3 is 2.24 bits per heavy atom. The van der Waals surface area contributed by atoms with Crippen LogP contribution in [0.2, 0.25) is 0 Å². The van der Waals surface area contributed by atoms with E-state index in [4.69, 9.17) is 9.47 Å². The van der Waals surface area contributed by atoms with Gasteiger partial charge in [-0.05, 0) is 38.3 Å². The summed E-state index contributed by atoms with van der Waals surface area (Å²) in [6.07, 6.45) is 0.443. The van der Waals surface area contributed by atoms with E-state index in [1.54, 1.807) is 56.0 Å². The Morgan fingerprint density at radius 1 is 1.15 bits per heavy atom. The first-order chi connectivity index (χ1) is 15.3. The predicted octanol–water partition coefficient (Wildman–Crippen LogP) is 4.90. The van der Waals surface area contributed by atoms with Gasteiger partial charge in [0, 0.05) is 44.7 Å². The number of piperidine rings is 1. The Kier molecular flexibility index (Phi) is 7.17. The van der Waals surface area contributed by atoms with E-state index in [0.29, 0.717) is 25.9 Å². The number of aliphatic hydroxyl groups is 1. The Morgan fingerprint density at radius 2 is 1.76 bits per heavy atom. The number of carbonyl (C=O) groups excluding carboxylic acids is 2. The minimum absolute atomic E-state index is 0.0128. The van der Waals surface area contributed by atoms with Crippen molar-refractivity contribution >= 4 is 18.1 Å². The zero-order valence-electron chi connectivity index (χ0n) is 19.5. The number of hydrogen-bond acceptors (Lipinski definition) is 5. The van der Waals surface area contributed by atoms with E-state index in [9.17, 15) is 23.5 Å². The lowest BCUT2D eigenvalue weighted by Gasteiger charge is -2.36. The summed E-state index contributed by atoms with van der Waals surface area (Å²) in [6, 6.07) is 6.46. The number of hydrogen-bond donors (Lipinski definition) is 1. The fraction of sp³-hybridized carbons (Fsp3) is 0.600. The second-order valence-electron chi connectivity index (χ2n) is 9.96. The monoisotopic (exact) mass is 465 g/mol. The van der Waals surface area contributed by atoms with Crippen molar-refractivity contribution in [1.29, 1.82) is 0 Å². The molecule has 8 heteroatoms. The highest BCUT2D eigenvalue weighted by Crippen LogP contribution is 2.48. The molecule has 0 bridgehead atoms. The van der Waals surface area contributed by atoms with Crippen molar-refractivity contribution < 1.29 is 33.0 Å². The molecule has 2 atom stereocenters.